The second-order valence-electron chi connectivity index (χ2n) is 5.31. The summed E-state index contributed by atoms with van der Waals surface area (Å²) < 4.78 is 7.09. The Kier molecular flexibility index (Phi) is 5.25. The van der Waals surface area contributed by atoms with Crippen LogP contribution in [-0.4, -0.2) is 27.6 Å². The van der Waals surface area contributed by atoms with E-state index in [1.165, 1.54) is 17.4 Å². The van der Waals surface area contributed by atoms with Gasteiger partial charge in [-0.1, -0.05) is 12.1 Å². The molecule has 2 aromatic heterocycles. The molecule has 3 rings (SSSR count). The maximum atomic E-state index is 12.4. The largest absolute Gasteiger partial charge is 0.497 e. The summed E-state index contributed by atoms with van der Waals surface area (Å²) in [6.07, 6.45) is 8.45. The molecule has 3 aromatic rings. The Hall–Kier alpha value is -2.93. The fourth-order valence-electron chi connectivity index (χ4n) is 2.40. The highest BCUT2D eigenvalue weighted by molar-refractivity contribution is 7.10. The smallest absolute Gasteiger partial charge is 0.244 e. The van der Waals surface area contributed by atoms with Crippen molar-refractivity contribution in [1.29, 1.82) is 0 Å². The number of rotatable bonds is 6. The molecule has 0 aliphatic heterocycles. The summed E-state index contributed by atoms with van der Waals surface area (Å²) in [6, 6.07) is 7.21. The Bertz CT molecular complexity index is 854. The predicted molar refractivity (Wildman–Crippen MR) is 97.3 cm³/mol. The number of ether oxygens (including phenoxy) is 1. The fraction of sp³-hybridized carbons (Fsp3) is 0.167. The summed E-state index contributed by atoms with van der Waals surface area (Å²) in [5.41, 5.74) is 0.922. The number of nitrogens with zero attached hydrogens (tertiary/aromatic N) is 3. The van der Waals surface area contributed by atoms with Crippen molar-refractivity contribution in [3.05, 3.63) is 70.7 Å². The zero-order valence-corrected chi connectivity index (χ0v) is 14.7. The molecule has 1 atom stereocenters. The van der Waals surface area contributed by atoms with Crippen molar-refractivity contribution in [2.24, 2.45) is 7.05 Å². The van der Waals surface area contributed by atoms with E-state index >= 15 is 0 Å². The zero-order valence-electron chi connectivity index (χ0n) is 13.9. The first kappa shape index (κ1) is 16.9. The number of nitrogens with one attached hydrogen (secondary N) is 1. The van der Waals surface area contributed by atoms with E-state index in [0.29, 0.717) is 0 Å². The average Bonchev–Trinajstić information content (AvgIpc) is 3.30. The normalized spacial score (nSPS) is 12.2. The quantitative estimate of drug-likeness (QED) is 0.691. The Labute approximate surface area is 149 Å². The van der Waals surface area contributed by atoms with Gasteiger partial charge in [0, 0.05) is 37.1 Å². The Morgan fingerprint density at radius 2 is 2.08 bits per heavy atom. The minimum absolute atomic E-state index is 0.209. The van der Waals surface area contributed by atoms with Crippen molar-refractivity contribution in [2.45, 2.75) is 6.04 Å². The van der Waals surface area contributed by atoms with Gasteiger partial charge < -0.3 is 14.6 Å². The van der Waals surface area contributed by atoms with Crippen LogP contribution in [0.4, 0.5) is 0 Å². The summed E-state index contributed by atoms with van der Waals surface area (Å²) in [4.78, 5) is 20.9. The van der Waals surface area contributed by atoms with Crippen molar-refractivity contribution >= 4 is 23.3 Å². The van der Waals surface area contributed by atoms with Crippen molar-refractivity contribution in [2.75, 3.05) is 7.11 Å². The van der Waals surface area contributed by atoms with E-state index < -0.39 is 0 Å². The van der Waals surface area contributed by atoms with Gasteiger partial charge in [0.1, 0.15) is 22.6 Å². The third kappa shape index (κ3) is 4.13. The van der Waals surface area contributed by atoms with Crippen molar-refractivity contribution in [1.82, 2.24) is 19.9 Å². The van der Waals surface area contributed by atoms with Crippen LogP contribution in [0.3, 0.4) is 0 Å². The van der Waals surface area contributed by atoms with Gasteiger partial charge in [0.15, 0.2) is 0 Å². The number of aryl methyl sites for hydroxylation is 1. The Morgan fingerprint density at radius 1 is 1.28 bits per heavy atom. The molecule has 1 amide bonds. The number of amides is 1. The van der Waals surface area contributed by atoms with Crippen LogP contribution in [0.1, 0.15) is 22.4 Å². The van der Waals surface area contributed by atoms with Gasteiger partial charge in [-0.3, -0.25) is 4.79 Å². The maximum Gasteiger partial charge on any atom is 0.244 e. The third-order valence-corrected chi connectivity index (χ3v) is 4.42. The number of carbonyl (C=O) groups excluding carboxylic acids is 1. The molecular formula is C18H18N4O2S. The SMILES string of the molecule is COc1ccc(C(NC(=O)/C=C/c2nccs2)c2nccn2C)cc1. The topological polar surface area (TPSA) is 69.0 Å². The lowest BCUT2D eigenvalue weighted by Crippen LogP contribution is -2.29. The lowest BCUT2D eigenvalue weighted by Gasteiger charge is -2.18. The van der Waals surface area contributed by atoms with E-state index in [9.17, 15) is 4.79 Å². The van der Waals surface area contributed by atoms with Crippen LogP contribution in [0, 0.1) is 0 Å². The lowest BCUT2D eigenvalue weighted by atomic mass is 10.1. The highest BCUT2D eigenvalue weighted by Gasteiger charge is 2.20. The molecule has 0 saturated heterocycles. The first-order chi connectivity index (χ1) is 12.2. The number of methoxy groups -OCH3 is 1. The maximum absolute atomic E-state index is 12.4. The number of aromatic nitrogens is 3. The number of carbonyl (C=O) groups is 1. The molecule has 25 heavy (non-hydrogen) atoms. The highest BCUT2D eigenvalue weighted by atomic mass is 32.1. The van der Waals surface area contributed by atoms with Crippen LogP contribution < -0.4 is 10.1 Å². The number of hydrogen-bond acceptors (Lipinski definition) is 5. The van der Waals surface area contributed by atoms with Gasteiger partial charge in [-0.15, -0.1) is 11.3 Å². The Morgan fingerprint density at radius 3 is 2.68 bits per heavy atom. The number of benzene rings is 1. The van der Waals surface area contributed by atoms with Gasteiger partial charge in [-0.05, 0) is 23.8 Å². The van der Waals surface area contributed by atoms with Crippen LogP contribution in [0.25, 0.3) is 6.08 Å². The number of hydrogen-bond donors (Lipinski definition) is 1. The van der Waals surface area contributed by atoms with E-state index in [-0.39, 0.29) is 11.9 Å². The van der Waals surface area contributed by atoms with Gasteiger partial charge in [0.05, 0.1) is 7.11 Å². The average molecular weight is 354 g/mol. The zero-order chi connectivity index (χ0) is 17.6. The van der Waals surface area contributed by atoms with Crippen LogP contribution >= 0.6 is 11.3 Å². The highest BCUT2D eigenvalue weighted by Crippen LogP contribution is 2.23. The third-order valence-electron chi connectivity index (χ3n) is 3.68. The summed E-state index contributed by atoms with van der Waals surface area (Å²) in [5, 5.41) is 5.66. The summed E-state index contributed by atoms with van der Waals surface area (Å²) in [6.45, 7) is 0. The van der Waals surface area contributed by atoms with Crippen LogP contribution in [0.5, 0.6) is 5.75 Å². The molecule has 1 unspecified atom stereocenters. The Balaban J connectivity index is 1.83. The van der Waals surface area contributed by atoms with Crippen molar-refractivity contribution in [3.8, 4) is 5.75 Å². The molecule has 0 spiro atoms. The molecular weight excluding hydrogens is 336 g/mol. The molecule has 0 bridgehead atoms. The van der Waals surface area contributed by atoms with Crippen molar-refractivity contribution < 1.29 is 9.53 Å². The second kappa shape index (κ2) is 7.76. The lowest BCUT2D eigenvalue weighted by molar-refractivity contribution is -0.117. The fourth-order valence-corrected chi connectivity index (χ4v) is 2.93. The first-order valence-corrected chi connectivity index (χ1v) is 8.54. The molecule has 1 aromatic carbocycles. The standard InChI is InChI=1S/C18H18N4O2S/c1-22-11-9-20-18(22)17(13-3-5-14(24-2)6-4-13)21-15(23)7-8-16-19-10-12-25-16/h3-12,17H,1-2H3,(H,21,23)/b8-7+. The molecule has 6 nitrogen and oxygen atoms in total. The van der Waals surface area contributed by atoms with Crippen LogP contribution in [-0.2, 0) is 11.8 Å². The molecule has 0 saturated carbocycles. The summed E-state index contributed by atoms with van der Waals surface area (Å²) in [7, 11) is 3.52. The molecule has 2 heterocycles. The van der Waals surface area contributed by atoms with Crippen LogP contribution in [0.2, 0.25) is 0 Å². The number of imidazole rings is 1. The van der Waals surface area contributed by atoms with Gasteiger partial charge in [-0.25, -0.2) is 9.97 Å². The minimum Gasteiger partial charge on any atom is -0.497 e. The molecule has 128 valence electrons. The molecule has 0 radical (unpaired) electrons. The van der Waals surface area contributed by atoms with Gasteiger partial charge in [0.25, 0.3) is 0 Å². The second-order valence-corrected chi connectivity index (χ2v) is 6.24. The van der Waals surface area contributed by atoms with Crippen LogP contribution in [0.15, 0.2) is 54.3 Å². The van der Waals surface area contributed by atoms with E-state index in [1.54, 1.807) is 25.6 Å². The van der Waals surface area contributed by atoms with E-state index in [1.807, 2.05) is 47.5 Å². The van der Waals surface area contributed by atoms with E-state index in [4.69, 9.17) is 4.74 Å². The van der Waals surface area contributed by atoms with Crippen molar-refractivity contribution in [3.63, 3.8) is 0 Å². The number of thiazole rings is 1. The van der Waals surface area contributed by atoms with Gasteiger partial charge in [0.2, 0.25) is 5.91 Å². The van der Waals surface area contributed by atoms with E-state index in [0.717, 1.165) is 22.1 Å². The minimum atomic E-state index is -0.362. The van der Waals surface area contributed by atoms with Gasteiger partial charge >= 0.3 is 0 Å². The molecule has 0 fully saturated rings. The predicted octanol–water partition coefficient (Wildman–Crippen LogP) is 2.80. The molecule has 0 aliphatic rings. The van der Waals surface area contributed by atoms with Gasteiger partial charge in [-0.2, -0.15) is 0 Å². The molecule has 7 heteroatoms. The monoisotopic (exact) mass is 354 g/mol. The first-order valence-electron chi connectivity index (χ1n) is 7.66. The molecule has 0 aliphatic carbocycles. The molecule has 1 N–H and O–H groups in total. The van der Waals surface area contributed by atoms with E-state index in [2.05, 4.69) is 15.3 Å². The summed E-state index contributed by atoms with van der Waals surface area (Å²) >= 11 is 1.48. The summed E-state index contributed by atoms with van der Waals surface area (Å²) in [5.74, 6) is 1.30.